The van der Waals surface area contributed by atoms with Crippen LogP contribution in [0.3, 0.4) is 0 Å². The highest BCUT2D eigenvalue weighted by atomic mass is 19.1. The third-order valence-corrected chi connectivity index (χ3v) is 6.47. The molecule has 0 unspecified atom stereocenters. The number of benzene rings is 1. The zero-order valence-corrected chi connectivity index (χ0v) is 19.2. The predicted molar refractivity (Wildman–Crippen MR) is 129 cm³/mol. The Kier molecular flexibility index (Phi) is 5.68. The van der Waals surface area contributed by atoms with Gasteiger partial charge in [-0.1, -0.05) is 0 Å². The number of halogens is 2. The Balaban J connectivity index is 1.23. The van der Waals surface area contributed by atoms with Gasteiger partial charge in [0.05, 0.1) is 37.1 Å². The van der Waals surface area contributed by atoms with Gasteiger partial charge in [0.15, 0.2) is 11.5 Å². The van der Waals surface area contributed by atoms with Gasteiger partial charge in [-0.15, -0.1) is 5.10 Å². The first-order chi connectivity index (χ1) is 17.5. The maximum absolute atomic E-state index is 14.5. The number of rotatable bonds is 6. The molecule has 2 N–H and O–H groups in total. The van der Waals surface area contributed by atoms with Crippen LogP contribution in [0.4, 0.5) is 26.2 Å². The average molecular weight is 492 g/mol. The third-order valence-electron chi connectivity index (χ3n) is 6.47. The van der Waals surface area contributed by atoms with Crippen molar-refractivity contribution in [3.05, 3.63) is 77.6 Å². The Hall–Kier alpha value is -4.12. The molecule has 1 aromatic carbocycles. The van der Waals surface area contributed by atoms with E-state index in [0.717, 1.165) is 18.6 Å². The van der Waals surface area contributed by atoms with Crippen LogP contribution in [0.1, 0.15) is 34.8 Å². The molecule has 2 saturated heterocycles. The summed E-state index contributed by atoms with van der Waals surface area (Å²) in [6.45, 7) is 1.93. The molecule has 4 aromatic rings. The van der Waals surface area contributed by atoms with Gasteiger partial charge in [-0.25, -0.2) is 18.7 Å². The lowest BCUT2D eigenvalue weighted by molar-refractivity contribution is 0.0209. The van der Waals surface area contributed by atoms with Crippen molar-refractivity contribution in [3.63, 3.8) is 0 Å². The van der Waals surface area contributed by atoms with E-state index >= 15 is 0 Å². The lowest BCUT2D eigenvalue weighted by atomic mass is 10.0. The number of amides is 1. The summed E-state index contributed by atoms with van der Waals surface area (Å²) in [5.74, 6) is 0.377. The molecule has 1 atom stereocenters. The van der Waals surface area contributed by atoms with Crippen LogP contribution in [-0.2, 0) is 4.74 Å². The smallest absolute Gasteiger partial charge is 0.258 e. The van der Waals surface area contributed by atoms with E-state index < -0.39 is 11.6 Å². The number of ether oxygens (including phenoxy) is 1. The van der Waals surface area contributed by atoms with Gasteiger partial charge in [-0.05, 0) is 55.3 Å². The van der Waals surface area contributed by atoms with Gasteiger partial charge in [0.25, 0.3) is 5.91 Å². The fraction of sp³-hybridized carbons (Fsp3) is 0.280. The van der Waals surface area contributed by atoms with E-state index in [0.29, 0.717) is 60.4 Å². The summed E-state index contributed by atoms with van der Waals surface area (Å²) in [5.41, 5.74) is 1.24. The minimum Gasteiger partial charge on any atom is -0.377 e. The molecule has 2 fully saturated rings. The largest absolute Gasteiger partial charge is 0.377 e. The lowest BCUT2D eigenvalue weighted by Crippen LogP contribution is -2.40. The van der Waals surface area contributed by atoms with Crippen LogP contribution in [0, 0.1) is 11.6 Å². The van der Waals surface area contributed by atoms with Crippen molar-refractivity contribution in [2.24, 2.45) is 0 Å². The summed E-state index contributed by atoms with van der Waals surface area (Å²) in [5, 5.41) is 10.7. The summed E-state index contributed by atoms with van der Waals surface area (Å²) < 4.78 is 35.0. The summed E-state index contributed by atoms with van der Waals surface area (Å²) >= 11 is 0. The van der Waals surface area contributed by atoms with Crippen molar-refractivity contribution in [2.75, 3.05) is 35.3 Å². The number of aromatic nitrogens is 4. The summed E-state index contributed by atoms with van der Waals surface area (Å²) in [4.78, 5) is 23.4. The minimum absolute atomic E-state index is 0.239. The number of carbonyl (C=O) groups is 1. The van der Waals surface area contributed by atoms with Crippen LogP contribution in [0.5, 0.6) is 0 Å². The van der Waals surface area contributed by atoms with Crippen LogP contribution in [0.2, 0.25) is 0 Å². The second kappa shape index (κ2) is 9.15. The topological polar surface area (TPSA) is 96.7 Å². The zero-order chi connectivity index (χ0) is 24.6. The molecule has 5 heterocycles. The van der Waals surface area contributed by atoms with Gasteiger partial charge >= 0.3 is 0 Å². The molecule has 1 amide bonds. The summed E-state index contributed by atoms with van der Waals surface area (Å²) in [6.07, 6.45) is 4.53. The second-order valence-electron chi connectivity index (χ2n) is 8.89. The Bertz CT molecular complexity index is 1420. The van der Waals surface area contributed by atoms with E-state index in [1.165, 1.54) is 23.0 Å². The van der Waals surface area contributed by atoms with Gasteiger partial charge < -0.3 is 20.3 Å². The summed E-state index contributed by atoms with van der Waals surface area (Å²) in [7, 11) is 0. The molecule has 2 aliphatic rings. The average Bonchev–Trinajstić information content (AvgIpc) is 3.50. The molecule has 2 aliphatic heterocycles. The van der Waals surface area contributed by atoms with Crippen molar-refractivity contribution in [3.8, 4) is 0 Å². The molecule has 11 heteroatoms. The second-order valence-corrected chi connectivity index (χ2v) is 8.89. The first kappa shape index (κ1) is 22.4. The lowest BCUT2D eigenvalue weighted by Gasteiger charge is -2.27. The standard InChI is InChI=1S/C25H23F2N7O2/c26-16-4-5-19(27)18(10-16)20-2-1-9-33(20)23-8-7-22-29-12-24(34(22)32-23)31-25(35)15-3-6-21(28-11-15)30-17-13-36-14-17/h3-8,10-12,17,20H,1-2,9,13-14H2,(H,28,30)(H,31,35)/t20-/m1/s1. The Morgan fingerprint density at radius 2 is 1.94 bits per heavy atom. The Morgan fingerprint density at radius 3 is 2.72 bits per heavy atom. The van der Waals surface area contributed by atoms with Crippen molar-refractivity contribution in [1.29, 1.82) is 0 Å². The number of hydrogen-bond acceptors (Lipinski definition) is 7. The molecular weight excluding hydrogens is 468 g/mol. The summed E-state index contributed by atoms with van der Waals surface area (Å²) in [6, 6.07) is 10.4. The van der Waals surface area contributed by atoms with Crippen LogP contribution >= 0.6 is 0 Å². The fourth-order valence-electron chi connectivity index (χ4n) is 4.57. The highest BCUT2D eigenvalue weighted by Gasteiger charge is 2.30. The van der Waals surface area contributed by atoms with Gasteiger partial charge in [-0.3, -0.25) is 4.79 Å². The van der Waals surface area contributed by atoms with Crippen LogP contribution < -0.4 is 15.5 Å². The van der Waals surface area contributed by atoms with Crippen LogP contribution in [0.25, 0.3) is 5.65 Å². The zero-order valence-electron chi connectivity index (χ0n) is 19.2. The van der Waals surface area contributed by atoms with Gasteiger partial charge in [0, 0.05) is 18.3 Å². The van der Waals surface area contributed by atoms with Gasteiger partial charge in [-0.2, -0.15) is 4.52 Å². The van der Waals surface area contributed by atoms with E-state index in [1.807, 2.05) is 4.90 Å². The first-order valence-corrected chi connectivity index (χ1v) is 11.7. The molecule has 184 valence electrons. The van der Waals surface area contributed by atoms with Crippen molar-refractivity contribution in [2.45, 2.75) is 24.9 Å². The quantitative estimate of drug-likeness (QED) is 0.423. The molecular formula is C25H23F2N7O2. The van der Waals surface area contributed by atoms with Crippen molar-refractivity contribution < 1.29 is 18.3 Å². The molecule has 0 spiro atoms. The molecule has 6 rings (SSSR count). The Labute approximate surface area is 205 Å². The van der Waals surface area contributed by atoms with E-state index in [9.17, 15) is 13.6 Å². The molecule has 36 heavy (non-hydrogen) atoms. The van der Waals surface area contributed by atoms with Crippen LogP contribution in [-0.4, -0.2) is 51.3 Å². The number of nitrogens with one attached hydrogen (secondary N) is 2. The monoisotopic (exact) mass is 491 g/mol. The first-order valence-electron chi connectivity index (χ1n) is 11.7. The van der Waals surface area contributed by atoms with Crippen molar-refractivity contribution in [1.82, 2.24) is 19.6 Å². The SMILES string of the molecule is O=C(Nc1cnc2ccc(N3CCC[C@@H]3c3cc(F)ccc3F)nn12)c1ccc(NC2COC2)nc1. The van der Waals surface area contributed by atoms with Crippen molar-refractivity contribution >= 4 is 29.0 Å². The number of pyridine rings is 1. The maximum Gasteiger partial charge on any atom is 0.258 e. The molecule has 3 aromatic heterocycles. The predicted octanol–water partition coefficient (Wildman–Crippen LogP) is 3.81. The molecule has 0 bridgehead atoms. The normalized spacial score (nSPS) is 17.8. The molecule has 0 saturated carbocycles. The van der Waals surface area contributed by atoms with E-state index in [1.54, 1.807) is 24.3 Å². The van der Waals surface area contributed by atoms with E-state index in [4.69, 9.17) is 4.74 Å². The van der Waals surface area contributed by atoms with Crippen LogP contribution in [0.15, 0.2) is 54.9 Å². The number of anilines is 3. The highest BCUT2D eigenvalue weighted by molar-refractivity contribution is 6.03. The van der Waals surface area contributed by atoms with Gasteiger partial charge in [0.1, 0.15) is 23.3 Å². The number of carbonyl (C=O) groups excluding carboxylic acids is 1. The number of hydrogen-bond donors (Lipinski definition) is 2. The van der Waals surface area contributed by atoms with E-state index in [-0.39, 0.29) is 18.0 Å². The number of nitrogens with zero attached hydrogens (tertiary/aromatic N) is 5. The van der Waals surface area contributed by atoms with E-state index in [2.05, 4.69) is 25.7 Å². The highest BCUT2D eigenvalue weighted by Crippen LogP contribution is 2.36. The number of imidazole rings is 1. The molecule has 0 radical (unpaired) electrons. The molecule has 9 nitrogen and oxygen atoms in total. The third kappa shape index (κ3) is 4.22. The minimum atomic E-state index is -0.475. The maximum atomic E-state index is 14.5. The van der Waals surface area contributed by atoms with Gasteiger partial charge in [0.2, 0.25) is 0 Å². The Morgan fingerprint density at radius 1 is 1.06 bits per heavy atom. The molecule has 0 aliphatic carbocycles. The fourth-order valence-corrected chi connectivity index (χ4v) is 4.57. The number of fused-ring (bicyclic) bond motifs is 1.